The summed E-state index contributed by atoms with van der Waals surface area (Å²) in [5.41, 5.74) is 11.2. The number of nitrogens with two attached hydrogens (primary N) is 2. The monoisotopic (exact) mass is 378 g/mol. The van der Waals surface area contributed by atoms with Gasteiger partial charge in [0.25, 0.3) is 0 Å². The van der Waals surface area contributed by atoms with Crippen LogP contribution < -0.4 is 22.1 Å². The van der Waals surface area contributed by atoms with Gasteiger partial charge in [0.15, 0.2) is 6.04 Å². The number of unbranched alkanes of at least 4 members (excludes halogenated alkanes) is 1. The molecule has 0 saturated heterocycles. The molecule has 2 amide bonds. The summed E-state index contributed by atoms with van der Waals surface area (Å²) < 4.78 is 0. The Kier molecular flexibility index (Phi) is 12.2. The second kappa shape index (κ2) is 12.9. The van der Waals surface area contributed by atoms with E-state index in [1.54, 1.807) is 11.8 Å². The molecule has 0 rings (SSSR count). The van der Waals surface area contributed by atoms with Crippen molar-refractivity contribution in [1.82, 2.24) is 10.6 Å². The van der Waals surface area contributed by atoms with Crippen molar-refractivity contribution in [1.29, 1.82) is 0 Å². The van der Waals surface area contributed by atoms with E-state index in [1.807, 2.05) is 6.26 Å². The number of aliphatic hydroxyl groups excluding tert-OH is 1. The third kappa shape index (κ3) is 9.63. The highest BCUT2D eigenvalue weighted by Gasteiger charge is 2.30. The maximum absolute atomic E-state index is 12.4. The van der Waals surface area contributed by atoms with Crippen molar-refractivity contribution < 1.29 is 24.6 Å². The van der Waals surface area contributed by atoms with Gasteiger partial charge in [-0.3, -0.25) is 9.59 Å². The zero-order valence-corrected chi connectivity index (χ0v) is 15.6. The highest BCUT2D eigenvalue weighted by Crippen LogP contribution is 2.05. The molecule has 0 bridgehead atoms. The topological polar surface area (TPSA) is 168 Å². The maximum atomic E-state index is 12.4. The molecule has 4 atom stereocenters. The van der Waals surface area contributed by atoms with E-state index in [9.17, 15) is 19.5 Å². The minimum atomic E-state index is -1.45. The Balaban J connectivity index is 4.92. The van der Waals surface area contributed by atoms with Crippen molar-refractivity contribution in [3.63, 3.8) is 0 Å². The van der Waals surface area contributed by atoms with Crippen LogP contribution in [0.5, 0.6) is 0 Å². The Morgan fingerprint density at radius 1 is 1.12 bits per heavy atom. The molecule has 146 valence electrons. The number of carboxylic acids is 1. The number of aliphatic carboxylic acids is 1. The number of carbonyl (C=O) groups is 3. The SMILES string of the molecule is CSCC[C@H](N)C(=O)N[C@@H](CCCCN)C(=O)N[C@H](C(=O)O)[C@@H](C)O. The fourth-order valence-corrected chi connectivity index (χ4v) is 2.55. The largest absolute Gasteiger partial charge is 0.480 e. The lowest BCUT2D eigenvalue weighted by atomic mass is 10.1. The van der Waals surface area contributed by atoms with E-state index < -0.39 is 42.0 Å². The van der Waals surface area contributed by atoms with Gasteiger partial charge in [0.2, 0.25) is 11.8 Å². The number of hydrogen-bond acceptors (Lipinski definition) is 7. The number of thioether (sulfide) groups is 1. The average molecular weight is 378 g/mol. The van der Waals surface area contributed by atoms with Crippen LogP contribution in [0.4, 0.5) is 0 Å². The van der Waals surface area contributed by atoms with Crippen molar-refractivity contribution in [2.24, 2.45) is 11.5 Å². The predicted molar refractivity (Wildman–Crippen MR) is 97.1 cm³/mol. The van der Waals surface area contributed by atoms with E-state index in [0.29, 0.717) is 38.0 Å². The summed E-state index contributed by atoms with van der Waals surface area (Å²) >= 11 is 1.56. The first-order valence-electron chi connectivity index (χ1n) is 8.20. The van der Waals surface area contributed by atoms with Crippen molar-refractivity contribution >= 4 is 29.5 Å². The zero-order chi connectivity index (χ0) is 19.4. The third-order valence-corrected chi connectivity index (χ3v) is 4.24. The fourth-order valence-electron chi connectivity index (χ4n) is 2.06. The molecule has 0 saturated carbocycles. The molecule has 0 fully saturated rings. The molecule has 9 nitrogen and oxygen atoms in total. The Labute approximate surface area is 152 Å². The third-order valence-electron chi connectivity index (χ3n) is 3.60. The van der Waals surface area contributed by atoms with Gasteiger partial charge in [0.1, 0.15) is 6.04 Å². The Morgan fingerprint density at radius 2 is 1.76 bits per heavy atom. The molecule has 0 unspecified atom stereocenters. The molecule has 0 radical (unpaired) electrons. The molecule has 0 aromatic rings. The minimum Gasteiger partial charge on any atom is -0.480 e. The highest BCUT2D eigenvalue weighted by atomic mass is 32.2. The van der Waals surface area contributed by atoms with Gasteiger partial charge < -0.3 is 32.3 Å². The number of carboxylic acid groups (broad SMARTS) is 1. The van der Waals surface area contributed by atoms with Crippen molar-refractivity contribution in [3.8, 4) is 0 Å². The molecule has 0 aromatic carbocycles. The molecule has 0 spiro atoms. The lowest BCUT2D eigenvalue weighted by Gasteiger charge is -2.24. The van der Waals surface area contributed by atoms with Crippen LogP contribution in [0.25, 0.3) is 0 Å². The normalized spacial score (nSPS) is 15.7. The van der Waals surface area contributed by atoms with Crippen molar-refractivity contribution in [2.75, 3.05) is 18.6 Å². The van der Waals surface area contributed by atoms with Crippen LogP contribution in [-0.4, -0.2) is 70.8 Å². The van der Waals surface area contributed by atoms with Crippen LogP contribution in [0.1, 0.15) is 32.6 Å². The van der Waals surface area contributed by atoms with Gasteiger partial charge in [-0.2, -0.15) is 11.8 Å². The van der Waals surface area contributed by atoms with Gasteiger partial charge in [-0.05, 0) is 51.2 Å². The second-order valence-electron chi connectivity index (χ2n) is 5.80. The van der Waals surface area contributed by atoms with Gasteiger partial charge in [-0.1, -0.05) is 0 Å². The van der Waals surface area contributed by atoms with Crippen LogP contribution in [0.3, 0.4) is 0 Å². The smallest absolute Gasteiger partial charge is 0.328 e. The van der Waals surface area contributed by atoms with E-state index in [0.717, 1.165) is 0 Å². The summed E-state index contributed by atoms with van der Waals surface area (Å²) in [7, 11) is 0. The molecular weight excluding hydrogens is 348 g/mol. The summed E-state index contributed by atoms with van der Waals surface area (Å²) in [5.74, 6) is -1.78. The number of carbonyl (C=O) groups excluding carboxylic acids is 2. The summed E-state index contributed by atoms with van der Waals surface area (Å²) in [4.78, 5) is 35.6. The first-order valence-corrected chi connectivity index (χ1v) is 9.60. The summed E-state index contributed by atoms with van der Waals surface area (Å²) in [6.45, 7) is 1.71. The lowest BCUT2D eigenvalue weighted by Crippen LogP contribution is -2.56. The van der Waals surface area contributed by atoms with Gasteiger partial charge >= 0.3 is 5.97 Å². The minimum absolute atomic E-state index is 0.302. The summed E-state index contributed by atoms with van der Waals surface area (Å²) in [6, 6.07) is -3.13. The summed E-state index contributed by atoms with van der Waals surface area (Å²) in [5, 5.41) is 23.3. The first kappa shape index (κ1) is 23.6. The molecule has 0 aliphatic heterocycles. The molecule has 8 N–H and O–H groups in total. The highest BCUT2D eigenvalue weighted by molar-refractivity contribution is 7.98. The van der Waals surface area contributed by atoms with Crippen LogP contribution in [0.2, 0.25) is 0 Å². The van der Waals surface area contributed by atoms with Gasteiger partial charge in [0, 0.05) is 0 Å². The van der Waals surface area contributed by atoms with Gasteiger partial charge in [-0.25, -0.2) is 4.79 Å². The standard InChI is InChI=1S/C15H30N4O5S/c1-9(20)12(15(23)24)19-14(22)11(5-3-4-7-16)18-13(21)10(17)6-8-25-2/h9-12,20H,3-8,16-17H2,1-2H3,(H,18,21)(H,19,22)(H,23,24)/t9-,10+,11+,12+/m1/s1. The van der Waals surface area contributed by atoms with Gasteiger partial charge in [0.05, 0.1) is 12.1 Å². The second-order valence-corrected chi connectivity index (χ2v) is 6.78. The Morgan fingerprint density at radius 3 is 2.24 bits per heavy atom. The molecule has 0 aromatic heterocycles. The molecule has 0 aliphatic carbocycles. The number of rotatable bonds is 13. The van der Waals surface area contributed by atoms with Crippen LogP contribution in [-0.2, 0) is 14.4 Å². The maximum Gasteiger partial charge on any atom is 0.328 e. The van der Waals surface area contributed by atoms with E-state index in [4.69, 9.17) is 16.6 Å². The predicted octanol–water partition coefficient (Wildman–Crippen LogP) is -1.37. The van der Waals surface area contributed by atoms with Crippen molar-refractivity contribution in [3.05, 3.63) is 0 Å². The average Bonchev–Trinajstić information content (AvgIpc) is 2.55. The Hall–Kier alpha value is -1.36. The zero-order valence-electron chi connectivity index (χ0n) is 14.7. The quantitative estimate of drug-likeness (QED) is 0.213. The number of nitrogens with one attached hydrogen (secondary N) is 2. The molecule has 10 heteroatoms. The lowest BCUT2D eigenvalue weighted by molar-refractivity contribution is -0.145. The van der Waals surface area contributed by atoms with E-state index in [2.05, 4.69) is 10.6 Å². The fraction of sp³-hybridized carbons (Fsp3) is 0.800. The summed E-state index contributed by atoms with van der Waals surface area (Å²) in [6.07, 6.45) is 2.64. The first-order chi connectivity index (χ1) is 11.7. The van der Waals surface area contributed by atoms with Crippen LogP contribution >= 0.6 is 11.8 Å². The van der Waals surface area contributed by atoms with Crippen molar-refractivity contribution in [2.45, 2.75) is 56.8 Å². The number of amides is 2. The molecular formula is C15H30N4O5S. The molecule has 0 aliphatic rings. The van der Waals surface area contributed by atoms with E-state index in [1.165, 1.54) is 6.92 Å². The van der Waals surface area contributed by atoms with E-state index in [-0.39, 0.29) is 0 Å². The Bertz CT molecular complexity index is 436. The van der Waals surface area contributed by atoms with Crippen LogP contribution in [0.15, 0.2) is 0 Å². The van der Waals surface area contributed by atoms with Gasteiger partial charge in [-0.15, -0.1) is 0 Å². The number of aliphatic hydroxyl groups is 1. The van der Waals surface area contributed by atoms with Crippen LogP contribution in [0, 0.1) is 0 Å². The number of hydrogen-bond donors (Lipinski definition) is 6. The molecule has 25 heavy (non-hydrogen) atoms. The van der Waals surface area contributed by atoms with E-state index >= 15 is 0 Å². The molecule has 0 heterocycles.